The van der Waals surface area contributed by atoms with Crippen LogP contribution in [0.15, 0.2) is 46.7 Å². The highest BCUT2D eigenvalue weighted by Gasteiger charge is 2.02. The lowest BCUT2D eigenvalue weighted by Gasteiger charge is -2.04. The molecule has 0 bridgehead atoms. The summed E-state index contributed by atoms with van der Waals surface area (Å²) in [5.41, 5.74) is 2.08. The number of nitrogens with zero attached hydrogens (tertiary/aromatic N) is 2. The first-order valence-electron chi connectivity index (χ1n) is 9.06. The molecule has 26 heavy (non-hydrogen) atoms. The predicted octanol–water partition coefficient (Wildman–Crippen LogP) is 6.18. The van der Waals surface area contributed by atoms with Crippen molar-refractivity contribution in [2.24, 2.45) is 0 Å². The Hall–Kier alpha value is -0.750. The van der Waals surface area contributed by atoms with Crippen LogP contribution in [0.3, 0.4) is 0 Å². The first-order chi connectivity index (χ1) is 12.8. The number of rotatable bonds is 10. The Labute approximate surface area is 171 Å². The molecule has 0 atom stereocenters. The van der Waals surface area contributed by atoms with Gasteiger partial charge in [0.1, 0.15) is 10.1 Å². The minimum atomic E-state index is 0.0856. The molecule has 1 N–H and O–H groups in total. The van der Waals surface area contributed by atoms with E-state index in [9.17, 15) is 0 Å². The number of aromatic nitrogens is 2. The Morgan fingerprint density at radius 1 is 0.885 bits per heavy atom. The predicted molar refractivity (Wildman–Crippen MR) is 115 cm³/mol. The maximum Gasteiger partial charge on any atom is 0.101 e. The summed E-state index contributed by atoms with van der Waals surface area (Å²) in [6, 6.07) is 7.74. The molecule has 2 heterocycles. The average molecular weight is 413 g/mol. The minimum Gasteiger partial charge on any atom is -0.392 e. The molecule has 0 aromatic carbocycles. The minimum absolute atomic E-state index is 0.0856. The van der Waals surface area contributed by atoms with Gasteiger partial charge in [-0.25, -0.2) is 9.97 Å². The molecule has 144 valence electrons. The zero-order valence-electron chi connectivity index (χ0n) is 15.7. The molecule has 0 aliphatic heterocycles. The summed E-state index contributed by atoms with van der Waals surface area (Å²) in [7, 11) is 0. The zero-order valence-corrected chi connectivity index (χ0v) is 18.0. The van der Waals surface area contributed by atoms with Crippen molar-refractivity contribution in [3.05, 3.63) is 47.8 Å². The third-order valence-electron chi connectivity index (χ3n) is 3.49. The summed E-state index contributed by atoms with van der Waals surface area (Å²) in [6.07, 6.45) is 8.47. The number of thioether (sulfide) groups is 2. The summed E-state index contributed by atoms with van der Waals surface area (Å²) in [6.45, 7) is 4.45. The fraction of sp³-hybridized carbons (Fsp3) is 0.500. The molecular weight excluding hydrogens is 384 g/mol. The molecule has 2 rings (SSSR count). The molecule has 0 fully saturated rings. The van der Waals surface area contributed by atoms with E-state index in [1.165, 1.54) is 25.7 Å². The van der Waals surface area contributed by atoms with Crippen molar-refractivity contribution >= 4 is 35.1 Å². The van der Waals surface area contributed by atoms with Crippen LogP contribution in [0.5, 0.6) is 0 Å². The molecule has 0 radical (unpaired) electrons. The average Bonchev–Trinajstić information content (AvgIpc) is 2.69. The Morgan fingerprint density at radius 3 is 1.85 bits per heavy atom. The van der Waals surface area contributed by atoms with Crippen LogP contribution < -0.4 is 0 Å². The van der Waals surface area contributed by atoms with Gasteiger partial charge in [0.05, 0.1) is 12.5 Å². The summed E-state index contributed by atoms with van der Waals surface area (Å²) in [5.74, 6) is 2.78. The van der Waals surface area contributed by atoms with Gasteiger partial charge in [-0.1, -0.05) is 38.8 Å². The smallest absolute Gasteiger partial charge is 0.101 e. The van der Waals surface area contributed by atoms with Gasteiger partial charge in [-0.3, -0.25) is 0 Å². The highest BCUT2D eigenvalue weighted by Crippen LogP contribution is 2.22. The molecule has 3 nitrogen and oxygen atoms in total. The fourth-order valence-corrected chi connectivity index (χ4v) is 4.42. The number of halogens is 1. The summed E-state index contributed by atoms with van der Waals surface area (Å²) in [4.78, 5) is 8.52. The Balaban J connectivity index is 0.000000260. The van der Waals surface area contributed by atoms with Gasteiger partial charge in [0.15, 0.2) is 0 Å². The van der Waals surface area contributed by atoms with E-state index in [-0.39, 0.29) is 6.61 Å². The lowest BCUT2D eigenvalue weighted by molar-refractivity contribution is 0.278. The lowest BCUT2D eigenvalue weighted by Crippen LogP contribution is -1.91. The summed E-state index contributed by atoms with van der Waals surface area (Å²) < 4.78 is 0. The quantitative estimate of drug-likeness (QED) is 0.287. The number of hydrogen-bond acceptors (Lipinski definition) is 5. The van der Waals surface area contributed by atoms with Crippen LogP contribution in [0, 0.1) is 0 Å². The molecule has 0 aliphatic carbocycles. The van der Waals surface area contributed by atoms with Crippen molar-refractivity contribution in [1.29, 1.82) is 0 Å². The van der Waals surface area contributed by atoms with E-state index in [0.29, 0.717) is 5.88 Å². The van der Waals surface area contributed by atoms with Crippen molar-refractivity contribution in [2.45, 2.75) is 62.1 Å². The van der Waals surface area contributed by atoms with E-state index in [1.54, 1.807) is 29.7 Å². The van der Waals surface area contributed by atoms with Crippen molar-refractivity contribution in [3.63, 3.8) is 0 Å². The largest absolute Gasteiger partial charge is 0.392 e. The third kappa shape index (κ3) is 9.26. The second-order valence-electron chi connectivity index (χ2n) is 5.63. The first-order valence-corrected chi connectivity index (χ1v) is 11.6. The number of hydrogen-bond donors (Lipinski definition) is 1. The fourth-order valence-electron chi connectivity index (χ4n) is 1.96. The molecular formula is C20H29ClN2OS2. The van der Waals surface area contributed by atoms with E-state index in [2.05, 4.69) is 23.8 Å². The van der Waals surface area contributed by atoms with E-state index < -0.39 is 0 Å². The van der Waals surface area contributed by atoms with Gasteiger partial charge in [-0.15, -0.1) is 35.1 Å². The highest BCUT2D eigenvalue weighted by atomic mass is 35.5. The highest BCUT2D eigenvalue weighted by molar-refractivity contribution is 7.99. The maximum atomic E-state index is 9.02. The lowest BCUT2D eigenvalue weighted by atomic mass is 10.3. The van der Waals surface area contributed by atoms with Crippen LogP contribution in [0.1, 0.15) is 50.7 Å². The normalized spacial score (nSPS) is 10.3. The Morgan fingerprint density at radius 2 is 1.38 bits per heavy atom. The van der Waals surface area contributed by atoms with Gasteiger partial charge in [0.2, 0.25) is 0 Å². The van der Waals surface area contributed by atoms with Crippen molar-refractivity contribution < 1.29 is 5.11 Å². The molecule has 0 unspecified atom stereocenters. The Bertz CT molecular complexity index is 560. The number of pyridine rings is 2. The van der Waals surface area contributed by atoms with E-state index in [1.807, 2.05) is 30.5 Å². The van der Waals surface area contributed by atoms with Gasteiger partial charge < -0.3 is 5.11 Å². The number of unbranched alkanes of at least 4 members (excludes halogenated alkanes) is 2. The second kappa shape index (κ2) is 15.3. The van der Waals surface area contributed by atoms with Crippen LogP contribution in [-0.4, -0.2) is 26.6 Å². The number of aliphatic hydroxyl groups is 1. The number of alkyl halides is 1. The number of aliphatic hydroxyl groups excluding tert-OH is 1. The summed E-state index contributed by atoms with van der Waals surface area (Å²) >= 11 is 9.32. The SMILES string of the molecule is CCCCSc1ncccc1CCl.CCCCSc1ncccc1CO. The molecule has 0 aliphatic rings. The van der Waals surface area contributed by atoms with Crippen LogP contribution in [0.2, 0.25) is 0 Å². The Kier molecular flexibility index (Phi) is 13.7. The van der Waals surface area contributed by atoms with Crippen LogP contribution >= 0.6 is 35.1 Å². The van der Waals surface area contributed by atoms with E-state index in [4.69, 9.17) is 16.7 Å². The van der Waals surface area contributed by atoms with Gasteiger partial charge in [0, 0.05) is 18.0 Å². The van der Waals surface area contributed by atoms with Crippen LogP contribution in [0.25, 0.3) is 0 Å². The van der Waals surface area contributed by atoms with Crippen molar-refractivity contribution in [3.8, 4) is 0 Å². The van der Waals surface area contributed by atoms with Crippen LogP contribution in [0.4, 0.5) is 0 Å². The van der Waals surface area contributed by atoms with E-state index >= 15 is 0 Å². The first kappa shape index (κ1) is 23.3. The van der Waals surface area contributed by atoms with Crippen molar-refractivity contribution in [1.82, 2.24) is 9.97 Å². The van der Waals surface area contributed by atoms with Gasteiger partial charge >= 0.3 is 0 Å². The third-order valence-corrected chi connectivity index (χ3v) is 6.04. The van der Waals surface area contributed by atoms with Gasteiger partial charge in [0.25, 0.3) is 0 Å². The molecule has 2 aromatic rings. The molecule has 6 heteroatoms. The monoisotopic (exact) mass is 412 g/mol. The molecule has 0 spiro atoms. The molecule has 0 amide bonds. The van der Waals surface area contributed by atoms with Crippen LogP contribution in [-0.2, 0) is 12.5 Å². The standard InChI is InChI=1S/C10H14ClNS.C10H15NOS/c1-2-3-7-13-10-9(8-11)5-4-6-12-10;1-2-3-7-13-10-9(8-12)5-4-6-11-10/h4-6H,2-3,7-8H2,1H3;4-6,12H,2-3,7-8H2,1H3. The molecule has 0 saturated heterocycles. The van der Waals surface area contributed by atoms with E-state index in [0.717, 1.165) is 32.7 Å². The molecule has 0 saturated carbocycles. The van der Waals surface area contributed by atoms with Gasteiger partial charge in [-0.05, 0) is 42.0 Å². The zero-order chi connectivity index (χ0) is 19.0. The second-order valence-corrected chi connectivity index (χ2v) is 8.07. The maximum absolute atomic E-state index is 9.02. The topological polar surface area (TPSA) is 46.0 Å². The van der Waals surface area contributed by atoms with Crippen molar-refractivity contribution in [2.75, 3.05) is 11.5 Å². The van der Waals surface area contributed by atoms with Gasteiger partial charge in [-0.2, -0.15) is 0 Å². The summed E-state index contributed by atoms with van der Waals surface area (Å²) in [5, 5.41) is 11.1. The molecule has 2 aromatic heterocycles.